The maximum absolute atomic E-state index is 11.4. The second-order valence-corrected chi connectivity index (χ2v) is 4.81. The van der Waals surface area contributed by atoms with E-state index in [0.29, 0.717) is 12.3 Å². The Morgan fingerprint density at radius 1 is 1.28 bits per heavy atom. The number of methoxy groups -OCH3 is 1. The molecule has 1 aliphatic heterocycles. The van der Waals surface area contributed by atoms with Crippen molar-refractivity contribution in [1.82, 2.24) is 0 Å². The van der Waals surface area contributed by atoms with E-state index in [1.165, 1.54) is 7.11 Å². The van der Waals surface area contributed by atoms with Crippen LogP contribution < -0.4 is 0 Å². The van der Waals surface area contributed by atoms with Crippen LogP contribution in [-0.2, 0) is 19.1 Å². The van der Waals surface area contributed by atoms with E-state index in [2.05, 4.69) is 11.7 Å². The molecule has 18 heavy (non-hydrogen) atoms. The summed E-state index contributed by atoms with van der Waals surface area (Å²) < 4.78 is 10.4. The number of unbranched alkanes of at least 4 members (excludes halogenated alkanes) is 1. The van der Waals surface area contributed by atoms with Gasteiger partial charge < -0.3 is 14.3 Å². The highest BCUT2D eigenvalue weighted by Crippen LogP contribution is 2.23. The predicted molar refractivity (Wildman–Crippen MR) is 68.1 cm³/mol. The topological polar surface area (TPSA) is 52.6 Å². The van der Waals surface area contributed by atoms with Crippen molar-refractivity contribution in [2.45, 2.75) is 51.7 Å². The molecule has 0 fully saturated rings. The fraction of sp³-hybridized carbons (Fsp3) is 0.714. The molecule has 0 spiro atoms. The molecule has 0 aromatic heterocycles. The van der Waals surface area contributed by atoms with Crippen LogP contribution in [0.15, 0.2) is 12.2 Å². The lowest BCUT2D eigenvalue weighted by Gasteiger charge is -2.29. The first-order valence-electron chi connectivity index (χ1n) is 6.45. The molecule has 1 aliphatic rings. The summed E-state index contributed by atoms with van der Waals surface area (Å²) in [6, 6.07) is 0. The predicted octanol–water partition coefficient (Wildman–Crippen LogP) is 2.27. The van der Waals surface area contributed by atoms with Gasteiger partial charge >= 0.3 is 5.97 Å². The standard InChI is InChI=1S/C14H22O4/c1-10-8-9-13(14(16)17-3)18-12(10)7-5-4-6-11(2)15/h8-10,12-13H,4-7H2,1-3H3/t10-,12-,13-/m1/s1. The van der Waals surface area contributed by atoms with Crippen LogP contribution in [0.2, 0.25) is 0 Å². The molecule has 1 rings (SSSR count). The third-order valence-corrected chi connectivity index (χ3v) is 3.20. The van der Waals surface area contributed by atoms with E-state index in [9.17, 15) is 9.59 Å². The molecule has 0 aromatic rings. The summed E-state index contributed by atoms with van der Waals surface area (Å²) in [5, 5.41) is 0. The number of Topliss-reactive ketones (excluding diaryl/α,β-unsaturated/α-hetero) is 1. The zero-order valence-electron chi connectivity index (χ0n) is 11.3. The van der Waals surface area contributed by atoms with Gasteiger partial charge in [0.25, 0.3) is 0 Å². The second-order valence-electron chi connectivity index (χ2n) is 4.81. The first-order valence-corrected chi connectivity index (χ1v) is 6.45. The molecule has 0 saturated carbocycles. The third kappa shape index (κ3) is 4.61. The largest absolute Gasteiger partial charge is 0.467 e. The van der Waals surface area contributed by atoms with Crippen LogP contribution in [0.4, 0.5) is 0 Å². The van der Waals surface area contributed by atoms with Crippen molar-refractivity contribution in [3.63, 3.8) is 0 Å². The van der Waals surface area contributed by atoms with Gasteiger partial charge in [0.2, 0.25) is 0 Å². The average molecular weight is 254 g/mol. The molecule has 1 heterocycles. The van der Waals surface area contributed by atoms with Crippen LogP contribution in [0.5, 0.6) is 0 Å². The van der Waals surface area contributed by atoms with Crippen LogP contribution in [0.1, 0.15) is 39.5 Å². The van der Waals surface area contributed by atoms with Crippen molar-refractivity contribution >= 4 is 11.8 Å². The van der Waals surface area contributed by atoms with E-state index >= 15 is 0 Å². The summed E-state index contributed by atoms with van der Waals surface area (Å²) in [4.78, 5) is 22.2. The summed E-state index contributed by atoms with van der Waals surface area (Å²) in [5.74, 6) is 0.162. The summed E-state index contributed by atoms with van der Waals surface area (Å²) in [6.07, 6.45) is 6.52. The van der Waals surface area contributed by atoms with Crippen molar-refractivity contribution in [2.24, 2.45) is 5.92 Å². The van der Waals surface area contributed by atoms with Gasteiger partial charge in [0.05, 0.1) is 13.2 Å². The Kier molecular flexibility index (Phi) is 6.05. The lowest BCUT2D eigenvalue weighted by molar-refractivity contribution is -0.156. The van der Waals surface area contributed by atoms with Crippen molar-refractivity contribution in [3.05, 3.63) is 12.2 Å². The Balaban J connectivity index is 2.38. The first-order chi connectivity index (χ1) is 8.54. The molecule has 4 heteroatoms. The average Bonchev–Trinajstić information content (AvgIpc) is 2.35. The van der Waals surface area contributed by atoms with Crippen LogP contribution in [0.25, 0.3) is 0 Å². The first kappa shape index (κ1) is 14.9. The Bertz CT molecular complexity index is 322. The molecule has 0 amide bonds. The fourth-order valence-electron chi connectivity index (χ4n) is 2.06. The number of esters is 1. The summed E-state index contributed by atoms with van der Waals surface area (Å²) in [5.41, 5.74) is 0. The molecule has 0 bridgehead atoms. The maximum Gasteiger partial charge on any atom is 0.339 e. The Hall–Kier alpha value is -1.16. The summed E-state index contributed by atoms with van der Waals surface area (Å²) in [7, 11) is 1.36. The van der Waals surface area contributed by atoms with Crippen molar-refractivity contribution in [3.8, 4) is 0 Å². The number of rotatable bonds is 6. The quantitative estimate of drug-likeness (QED) is 0.414. The molecule has 3 atom stereocenters. The van der Waals surface area contributed by atoms with Crippen molar-refractivity contribution < 1.29 is 19.1 Å². The summed E-state index contributed by atoms with van der Waals surface area (Å²) >= 11 is 0. The third-order valence-electron chi connectivity index (χ3n) is 3.20. The van der Waals surface area contributed by atoms with E-state index < -0.39 is 6.10 Å². The zero-order chi connectivity index (χ0) is 13.5. The van der Waals surface area contributed by atoms with E-state index in [1.54, 1.807) is 13.0 Å². The highest BCUT2D eigenvalue weighted by Gasteiger charge is 2.28. The van der Waals surface area contributed by atoms with Gasteiger partial charge in [-0.15, -0.1) is 0 Å². The van der Waals surface area contributed by atoms with Gasteiger partial charge in [-0.25, -0.2) is 4.79 Å². The monoisotopic (exact) mass is 254 g/mol. The number of hydrogen-bond acceptors (Lipinski definition) is 4. The van der Waals surface area contributed by atoms with E-state index in [4.69, 9.17) is 4.74 Å². The molecule has 0 unspecified atom stereocenters. The smallest absolute Gasteiger partial charge is 0.339 e. The van der Waals surface area contributed by atoms with Gasteiger partial charge in [-0.2, -0.15) is 0 Å². The molecule has 4 nitrogen and oxygen atoms in total. The normalized spacial score (nSPS) is 26.9. The lowest BCUT2D eigenvalue weighted by Crippen LogP contribution is -2.35. The highest BCUT2D eigenvalue weighted by atomic mass is 16.6. The zero-order valence-corrected chi connectivity index (χ0v) is 11.3. The minimum atomic E-state index is -0.580. The van der Waals surface area contributed by atoms with Gasteiger partial charge in [-0.05, 0) is 25.8 Å². The van der Waals surface area contributed by atoms with Crippen molar-refractivity contribution in [1.29, 1.82) is 0 Å². The minimum absolute atomic E-state index is 0.0334. The maximum atomic E-state index is 11.4. The Morgan fingerprint density at radius 2 is 2.00 bits per heavy atom. The fourth-order valence-corrected chi connectivity index (χ4v) is 2.06. The van der Waals surface area contributed by atoms with Crippen molar-refractivity contribution in [2.75, 3.05) is 7.11 Å². The lowest BCUT2D eigenvalue weighted by atomic mass is 9.95. The Morgan fingerprint density at radius 3 is 2.61 bits per heavy atom. The van der Waals surface area contributed by atoms with Crippen LogP contribution in [0, 0.1) is 5.92 Å². The number of ether oxygens (including phenoxy) is 2. The molecular formula is C14H22O4. The van der Waals surface area contributed by atoms with Crippen LogP contribution >= 0.6 is 0 Å². The molecule has 0 saturated heterocycles. The van der Waals surface area contributed by atoms with Crippen LogP contribution in [-0.4, -0.2) is 31.1 Å². The molecular weight excluding hydrogens is 232 g/mol. The molecule has 0 radical (unpaired) electrons. The summed E-state index contributed by atoms with van der Waals surface area (Å²) in [6.45, 7) is 3.68. The number of carbonyl (C=O) groups excluding carboxylic acids is 2. The molecule has 102 valence electrons. The molecule has 0 aliphatic carbocycles. The SMILES string of the molecule is COC(=O)[C@H]1C=C[C@@H](C)[C@@H](CCCCC(C)=O)O1. The number of hydrogen-bond donors (Lipinski definition) is 0. The minimum Gasteiger partial charge on any atom is -0.467 e. The highest BCUT2D eigenvalue weighted by molar-refractivity contribution is 5.77. The van der Waals surface area contributed by atoms with E-state index in [1.807, 2.05) is 6.08 Å². The van der Waals surface area contributed by atoms with E-state index in [0.717, 1.165) is 19.3 Å². The van der Waals surface area contributed by atoms with Gasteiger partial charge in [0.1, 0.15) is 5.78 Å². The molecule has 0 aromatic carbocycles. The Labute approximate surface area is 108 Å². The van der Waals surface area contributed by atoms with Gasteiger partial charge in [-0.1, -0.05) is 19.4 Å². The second kappa shape index (κ2) is 7.31. The van der Waals surface area contributed by atoms with Gasteiger partial charge in [0, 0.05) is 12.3 Å². The molecule has 0 N–H and O–H groups in total. The van der Waals surface area contributed by atoms with Crippen LogP contribution in [0.3, 0.4) is 0 Å². The van der Waals surface area contributed by atoms with Gasteiger partial charge in [-0.3, -0.25) is 0 Å². The van der Waals surface area contributed by atoms with E-state index in [-0.39, 0.29) is 17.9 Å². The van der Waals surface area contributed by atoms with Gasteiger partial charge in [0.15, 0.2) is 6.10 Å². The number of carbonyl (C=O) groups is 2. The number of ketones is 1.